The van der Waals surface area contributed by atoms with E-state index in [0.717, 1.165) is 5.56 Å². The van der Waals surface area contributed by atoms with E-state index < -0.39 is 11.6 Å². The van der Waals surface area contributed by atoms with Crippen LogP contribution in [0.3, 0.4) is 0 Å². The topological polar surface area (TPSA) is 84.9 Å². The van der Waals surface area contributed by atoms with Crippen LogP contribution in [0.25, 0.3) is 11.3 Å². The molecule has 0 atom stereocenters. The fourth-order valence-corrected chi connectivity index (χ4v) is 3.24. The second kappa shape index (κ2) is 8.87. The lowest BCUT2D eigenvalue weighted by Crippen LogP contribution is -2.50. The van der Waals surface area contributed by atoms with Crippen LogP contribution in [0.2, 0.25) is 5.15 Å². The minimum Gasteiger partial charge on any atom is -0.465 e. The Morgan fingerprint density at radius 3 is 2.40 bits per heavy atom. The number of esters is 1. The van der Waals surface area contributed by atoms with Crippen molar-refractivity contribution in [3.63, 3.8) is 0 Å². The van der Waals surface area contributed by atoms with Crippen molar-refractivity contribution in [3.8, 4) is 11.3 Å². The van der Waals surface area contributed by atoms with Gasteiger partial charge in [0.2, 0.25) is 0 Å². The van der Waals surface area contributed by atoms with Crippen LogP contribution in [-0.2, 0) is 9.47 Å². The summed E-state index contributed by atoms with van der Waals surface area (Å²) in [5.41, 5.74) is 1.19. The van der Waals surface area contributed by atoms with Gasteiger partial charge in [-0.3, -0.25) is 0 Å². The maximum Gasteiger partial charge on any atom is 0.410 e. The SMILES string of the molecule is COC(=O)c1cc(-c2ccnc(Cl)c2)nc(N2CCN(C(=O)OC(C)(C)C)CC2)c1. The summed E-state index contributed by atoms with van der Waals surface area (Å²) in [7, 11) is 1.34. The van der Waals surface area contributed by atoms with Gasteiger partial charge in [-0.2, -0.15) is 0 Å². The molecular weight excluding hydrogens is 408 g/mol. The van der Waals surface area contributed by atoms with Gasteiger partial charge in [0, 0.05) is 37.9 Å². The molecule has 0 aliphatic carbocycles. The number of halogens is 1. The van der Waals surface area contributed by atoms with E-state index in [4.69, 9.17) is 26.1 Å². The van der Waals surface area contributed by atoms with Crippen molar-refractivity contribution in [1.82, 2.24) is 14.9 Å². The zero-order valence-electron chi connectivity index (χ0n) is 17.5. The molecule has 0 aromatic carbocycles. The number of amides is 1. The number of aromatic nitrogens is 2. The van der Waals surface area contributed by atoms with Crippen LogP contribution < -0.4 is 4.90 Å². The monoisotopic (exact) mass is 432 g/mol. The molecule has 3 rings (SSSR count). The first-order valence-corrected chi connectivity index (χ1v) is 9.99. The van der Waals surface area contributed by atoms with Crippen molar-refractivity contribution >= 4 is 29.5 Å². The van der Waals surface area contributed by atoms with Crippen molar-refractivity contribution in [2.75, 3.05) is 38.2 Å². The number of methoxy groups -OCH3 is 1. The van der Waals surface area contributed by atoms with Gasteiger partial charge in [-0.1, -0.05) is 11.6 Å². The fraction of sp³-hybridized carbons (Fsp3) is 0.429. The number of ether oxygens (including phenoxy) is 2. The summed E-state index contributed by atoms with van der Waals surface area (Å²) in [6.07, 6.45) is 1.26. The first-order chi connectivity index (χ1) is 14.2. The summed E-state index contributed by atoms with van der Waals surface area (Å²) in [6, 6.07) is 6.83. The Hall–Kier alpha value is -2.87. The minimum absolute atomic E-state index is 0.328. The lowest BCUT2D eigenvalue weighted by Gasteiger charge is -2.36. The van der Waals surface area contributed by atoms with Crippen molar-refractivity contribution < 1.29 is 19.1 Å². The fourth-order valence-electron chi connectivity index (χ4n) is 3.07. The number of hydrogen-bond donors (Lipinski definition) is 0. The van der Waals surface area contributed by atoms with Gasteiger partial charge in [-0.05, 0) is 45.0 Å². The van der Waals surface area contributed by atoms with Crippen molar-refractivity contribution in [2.45, 2.75) is 26.4 Å². The number of hydrogen-bond acceptors (Lipinski definition) is 7. The third kappa shape index (κ3) is 5.38. The van der Waals surface area contributed by atoms with Crippen LogP contribution in [0, 0.1) is 0 Å². The summed E-state index contributed by atoms with van der Waals surface area (Å²) in [5.74, 6) is 0.178. The van der Waals surface area contributed by atoms with Crippen LogP contribution in [0.15, 0.2) is 30.5 Å². The Kier molecular flexibility index (Phi) is 6.45. The van der Waals surface area contributed by atoms with Crippen LogP contribution in [-0.4, -0.2) is 65.8 Å². The molecule has 1 amide bonds. The lowest BCUT2D eigenvalue weighted by atomic mass is 10.1. The quantitative estimate of drug-likeness (QED) is 0.540. The molecule has 0 spiro atoms. The second-order valence-electron chi connectivity index (χ2n) is 7.91. The second-order valence-corrected chi connectivity index (χ2v) is 8.30. The van der Waals surface area contributed by atoms with Gasteiger partial charge >= 0.3 is 12.1 Å². The molecule has 9 heteroatoms. The number of pyridine rings is 2. The van der Waals surface area contributed by atoms with E-state index in [2.05, 4.69) is 4.98 Å². The number of nitrogens with zero attached hydrogens (tertiary/aromatic N) is 4. The van der Waals surface area contributed by atoms with Crippen LogP contribution >= 0.6 is 11.6 Å². The number of anilines is 1. The molecule has 2 aromatic rings. The van der Waals surface area contributed by atoms with Gasteiger partial charge in [-0.25, -0.2) is 19.6 Å². The highest BCUT2D eigenvalue weighted by Crippen LogP contribution is 2.26. The molecule has 30 heavy (non-hydrogen) atoms. The summed E-state index contributed by atoms with van der Waals surface area (Å²) in [5, 5.41) is 0.338. The van der Waals surface area contributed by atoms with Crippen LogP contribution in [0.4, 0.5) is 10.6 Å². The summed E-state index contributed by atoms with van der Waals surface area (Å²) < 4.78 is 10.3. The highest BCUT2D eigenvalue weighted by Gasteiger charge is 2.27. The van der Waals surface area contributed by atoms with E-state index >= 15 is 0 Å². The highest BCUT2D eigenvalue weighted by atomic mass is 35.5. The highest BCUT2D eigenvalue weighted by molar-refractivity contribution is 6.29. The predicted octanol–water partition coefficient (Wildman–Crippen LogP) is 3.64. The first-order valence-electron chi connectivity index (χ1n) is 9.61. The van der Waals surface area contributed by atoms with E-state index in [1.165, 1.54) is 7.11 Å². The zero-order valence-corrected chi connectivity index (χ0v) is 18.3. The normalized spacial score (nSPS) is 14.4. The largest absolute Gasteiger partial charge is 0.465 e. The predicted molar refractivity (Wildman–Crippen MR) is 114 cm³/mol. The van der Waals surface area contributed by atoms with Crippen molar-refractivity contribution in [2.24, 2.45) is 0 Å². The molecule has 0 radical (unpaired) electrons. The molecule has 160 valence electrons. The number of rotatable bonds is 3. The molecule has 1 aliphatic heterocycles. The minimum atomic E-state index is -0.536. The van der Waals surface area contributed by atoms with E-state index in [1.807, 2.05) is 25.7 Å². The van der Waals surface area contributed by atoms with Crippen molar-refractivity contribution in [3.05, 3.63) is 41.2 Å². The number of piperazine rings is 1. The Morgan fingerprint density at radius 2 is 1.80 bits per heavy atom. The first kappa shape index (κ1) is 21.8. The third-order valence-electron chi connectivity index (χ3n) is 4.51. The van der Waals surface area contributed by atoms with Crippen LogP contribution in [0.1, 0.15) is 31.1 Å². The third-order valence-corrected chi connectivity index (χ3v) is 4.72. The molecule has 3 heterocycles. The van der Waals surface area contributed by atoms with E-state index in [0.29, 0.717) is 48.4 Å². The molecular formula is C21H25ClN4O4. The maximum atomic E-state index is 12.3. The Labute approximate surface area is 180 Å². The molecule has 1 fully saturated rings. The molecule has 2 aromatic heterocycles. The maximum absolute atomic E-state index is 12.3. The van der Waals surface area contributed by atoms with Gasteiger partial charge in [-0.15, -0.1) is 0 Å². The van der Waals surface area contributed by atoms with E-state index in [-0.39, 0.29) is 6.09 Å². The van der Waals surface area contributed by atoms with E-state index in [1.54, 1.807) is 35.4 Å². The molecule has 8 nitrogen and oxygen atoms in total. The average molecular weight is 433 g/mol. The molecule has 1 saturated heterocycles. The Balaban J connectivity index is 1.83. The van der Waals surface area contributed by atoms with Gasteiger partial charge in [0.15, 0.2) is 0 Å². The summed E-state index contributed by atoms with van der Waals surface area (Å²) >= 11 is 6.01. The Morgan fingerprint density at radius 1 is 1.10 bits per heavy atom. The van der Waals surface area contributed by atoms with Gasteiger partial charge < -0.3 is 19.3 Å². The zero-order chi connectivity index (χ0) is 21.9. The van der Waals surface area contributed by atoms with E-state index in [9.17, 15) is 9.59 Å². The molecule has 0 N–H and O–H groups in total. The summed E-state index contributed by atoms with van der Waals surface area (Å²) in [4.78, 5) is 36.9. The summed E-state index contributed by atoms with van der Waals surface area (Å²) in [6.45, 7) is 7.65. The van der Waals surface area contributed by atoms with Gasteiger partial charge in [0.1, 0.15) is 16.6 Å². The molecule has 0 saturated carbocycles. The van der Waals surface area contributed by atoms with Crippen molar-refractivity contribution in [1.29, 1.82) is 0 Å². The van der Waals surface area contributed by atoms with Gasteiger partial charge in [0.05, 0.1) is 18.4 Å². The molecule has 0 bridgehead atoms. The van der Waals surface area contributed by atoms with Gasteiger partial charge in [0.25, 0.3) is 0 Å². The smallest absolute Gasteiger partial charge is 0.410 e. The average Bonchev–Trinajstić information content (AvgIpc) is 2.71. The van der Waals surface area contributed by atoms with Crippen LogP contribution in [0.5, 0.6) is 0 Å². The number of carbonyl (C=O) groups is 2. The number of carbonyl (C=O) groups excluding carboxylic acids is 2. The standard InChI is InChI=1S/C21H25ClN4O4/c1-21(2,3)30-20(28)26-9-7-25(8-10-26)18-13-15(19(27)29-4)11-16(24-18)14-5-6-23-17(22)12-14/h5-6,11-13H,7-10H2,1-4H3. The molecule has 1 aliphatic rings. The molecule has 0 unspecified atom stereocenters. The Bertz CT molecular complexity index is 937. The lowest BCUT2D eigenvalue weighted by molar-refractivity contribution is 0.0240.